The molecular weight excluding hydrogens is 622 g/mol. The van der Waals surface area contributed by atoms with E-state index in [4.69, 9.17) is 0 Å². The topological polar surface area (TPSA) is 19.4 Å². The summed E-state index contributed by atoms with van der Waals surface area (Å²) in [5, 5.41) is 0. The van der Waals surface area contributed by atoms with E-state index in [1.54, 1.807) is 9.80 Å². The van der Waals surface area contributed by atoms with Crippen LogP contribution < -0.4 is 0 Å². The fourth-order valence-corrected chi connectivity index (χ4v) is 2.68. The van der Waals surface area contributed by atoms with Gasteiger partial charge in [0, 0.05) is 97.2 Å². The van der Waals surface area contributed by atoms with Crippen molar-refractivity contribution in [3.63, 3.8) is 0 Å². The average molecular weight is 696 g/mol. The predicted octanol–water partition coefficient (Wildman–Crippen LogP) is 6.20. The van der Waals surface area contributed by atoms with E-state index in [0.717, 1.165) is 12.1 Å². The van der Waals surface area contributed by atoms with Crippen LogP contribution in [0.4, 0.5) is 0 Å². The number of hydrogen-bond acceptors (Lipinski definition) is 6. The molecule has 2 aliphatic heterocycles. The van der Waals surface area contributed by atoms with Crippen molar-refractivity contribution in [2.45, 2.75) is 102 Å². The van der Waals surface area contributed by atoms with E-state index >= 15 is 0 Å². The summed E-state index contributed by atoms with van der Waals surface area (Å²) in [4.78, 5) is 13.2. The maximum Gasteiger partial charge on any atom is 3.00 e. The Kier molecular flexibility index (Phi) is 55.0. The quantitative estimate of drug-likeness (QED) is 0.325. The van der Waals surface area contributed by atoms with Gasteiger partial charge in [0.1, 0.15) is 0 Å². The molecule has 6 nitrogen and oxygen atoms in total. The van der Waals surface area contributed by atoms with Gasteiger partial charge in [-0.25, -0.2) is 0 Å². The Hall–Kier alpha value is 1.97. The Morgan fingerprint density at radius 3 is 0.763 bits per heavy atom. The van der Waals surface area contributed by atoms with Gasteiger partial charge in [-0.05, 0) is 53.9 Å². The zero-order chi connectivity index (χ0) is 25.4. The summed E-state index contributed by atoms with van der Waals surface area (Å²) in [6, 6.07) is 2.39. The van der Waals surface area contributed by atoms with Gasteiger partial charge in [-0.2, -0.15) is 0 Å². The Bertz CT molecular complexity index is 356. The SMILES string of the molecule is C.C.C.CC(C)N1CCN(C)CC1.CC(C)N1CCN(C)CC1.[CH2-]N([CH2-])C(C)C.[CH2-]N([CH2-])C(C)C.[CH3-].[Y+3].[Y]. The summed E-state index contributed by atoms with van der Waals surface area (Å²) >= 11 is 0. The average Bonchev–Trinajstić information content (AvgIpc) is 2.70. The van der Waals surface area contributed by atoms with Crippen LogP contribution in [0.1, 0.15) is 77.7 Å². The molecule has 38 heavy (non-hydrogen) atoms. The van der Waals surface area contributed by atoms with Crippen molar-refractivity contribution in [3.05, 3.63) is 35.6 Å². The number of likely N-dealkylation sites (N-methyl/N-ethyl adjacent to an activating group) is 2. The van der Waals surface area contributed by atoms with Crippen LogP contribution in [0.5, 0.6) is 0 Å². The second kappa shape index (κ2) is 35.2. The molecule has 0 N–H and O–H groups in total. The molecule has 8 heteroatoms. The third kappa shape index (κ3) is 36.0. The molecule has 0 saturated carbocycles. The van der Waals surface area contributed by atoms with Gasteiger partial charge in [0.05, 0.1) is 0 Å². The van der Waals surface area contributed by atoms with Crippen LogP contribution in [-0.2, 0) is 65.4 Å². The van der Waals surface area contributed by atoms with Crippen molar-refractivity contribution in [1.29, 1.82) is 0 Å². The summed E-state index contributed by atoms with van der Waals surface area (Å²) in [6.45, 7) is 27.2. The van der Waals surface area contributed by atoms with E-state index in [1.165, 1.54) is 52.4 Å². The molecule has 0 atom stereocenters. The van der Waals surface area contributed by atoms with Crippen molar-refractivity contribution < 1.29 is 65.4 Å². The summed E-state index contributed by atoms with van der Waals surface area (Å²) in [5.74, 6) is 0. The minimum absolute atomic E-state index is 0. The summed E-state index contributed by atoms with van der Waals surface area (Å²) in [6.07, 6.45) is 0. The first kappa shape index (κ1) is 59.4. The second-order valence-electron chi connectivity index (χ2n) is 10.2. The Labute approximate surface area is 296 Å². The predicted molar refractivity (Wildman–Crippen MR) is 170 cm³/mol. The Morgan fingerprint density at radius 1 is 0.500 bits per heavy atom. The maximum atomic E-state index is 3.56. The van der Waals surface area contributed by atoms with Gasteiger partial charge in [-0.15, -0.1) is 0 Å². The molecule has 1 radical (unpaired) electrons. The largest absolute Gasteiger partial charge is 3.00 e. The first-order chi connectivity index (χ1) is 14.7. The van der Waals surface area contributed by atoms with Crippen LogP contribution in [0.2, 0.25) is 0 Å². The van der Waals surface area contributed by atoms with E-state index in [0.29, 0.717) is 12.1 Å². The summed E-state index contributed by atoms with van der Waals surface area (Å²) in [5.41, 5.74) is 0. The molecule has 231 valence electrons. The van der Waals surface area contributed by atoms with Crippen LogP contribution in [0.15, 0.2) is 0 Å². The zero-order valence-corrected chi connectivity index (χ0v) is 31.3. The molecule has 2 rings (SSSR count). The normalized spacial score (nSPS) is 16.1. The monoisotopic (exact) mass is 695 g/mol. The van der Waals surface area contributed by atoms with E-state index in [2.05, 4.69) is 89.6 Å². The fourth-order valence-electron chi connectivity index (χ4n) is 2.68. The van der Waals surface area contributed by atoms with Crippen molar-refractivity contribution >= 4 is 0 Å². The molecule has 2 heterocycles. The van der Waals surface area contributed by atoms with Crippen LogP contribution in [0, 0.1) is 35.6 Å². The van der Waals surface area contributed by atoms with E-state index in [-0.39, 0.29) is 95.1 Å². The van der Waals surface area contributed by atoms with Crippen molar-refractivity contribution in [2.75, 3.05) is 66.5 Å². The van der Waals surface area contributed by atoms with Crippen LogP contribution >= 0.6 is 0 Å². The third-order valence-corrected chi connectivity index (χ3v) is 6.00. The molecule has 0 aromatic rings. The zero-order valence-electron chi connectivity index (χ0n) is 25.6. The number of nitrogens with zero attached hydrogens (tertiary/aromatic N) is 6. The Morgan fingerprint density at radius 2 is 0.658 bits per heavy atom. The first-order valence-electron chi connectivity index (χ1n) is 12.3. The molecule has 0 spiro atoms. The first-order valence-corrected chi connectivity index (χ1v) is 12.3. The summed E-state index contributed by atoms with van der Waals surface area (Å²) in [7, 11) is 18.6. The standard InChI is InChI=1S/2C8H18N2.2C5H11N.3CH4.CH3.2Y/c2*1-8(2)10-6-4-9(3)5-7-10;2*1-5(2)6(3)4;;;;;;/h2*8H,4-7H2,1-3H3;2*5H,3-4H2,1-2H3;3*1H4;1H3;;/q;;2*-2;;;;-1;;+3. The van der Waals surface area contributed by atoms with Crippen LogP contribution in [-0.4, -0.2) is 120 Å². The van der Waals surface area contributed by atoms with Gasteiger partial charge < -0.3 is 55.2 Å². The van der Waals surface area contributed by atoms with Crippen LogP contribution in [0.3, 0.4) is 0 Å². The molecular formula is C30H73N6Y2-2. The third-order valence-electron chi connectivity index (χ3n) is 6.00. The smallest absolute Gasteiger partial charge is 0.608 e. The number of hydrogen-bond donors (Lipinski definition) is 0. The molecule has 0 aliphatic carbocycles. The molecule has 2 fully saturated rings. The Balaban J connectivity index is -0.0000000513. The van der Waals surface area contributed by atoms with Gasteiger partial charge in [-0.3, -0.25) is 9.80 Å². The minimum atomic E-state index is 0. The van der Waals surface area contributed by atoms with E-state index in [9.17, 15) is 0 Å². The van der Waals surface area contributed by atoms with E-state index in [1.807, 2.05) is 27.7 Å². The summed E-state index contributed by atoms with van der Waals surface area (Å²) < 4.78 is 0. The molecule has 0 amide bonds. The van der Waals surface area contributed by atoms with Gasteiger partial charge in [0.25, 0.3) is 0 Å². The maximum absolute atomic E-state index is 3.56. The van der Waals surface area contributed by atoms with Gasteiger partial charge in [0.2, 0.25) is 0 Å². The van der Waals surface area contributed by atoms with Gasteiger partial charge in [-0.1, -0.05) is 50.0 Å². The van der Waals surface area contributed by atoms with Gasteiger partial charge >= 0.3 is 32.7 Å². The van der Waals surface area contributed by atoms with Crippen molar-refractivity contribution in [2.24, 2.45) is 0 Å². The molecule has 2 aliphatic rings. The second-order valence-corrected chi connectivity index (χ2v) is 10.2. The molecule has 0 bridgehead atoms. The molecule has 2 saturated heterocycles. The molecule has 0 aromatic carbocycles. The van der Waals surface area contributed by atoms with Crippen LogP contribution in [0.25, 0.3) is 0 Å². The van der Waals surface area contributed by atoms with Crippen molar-refractivity contribution in [3.8, 4) is 0 Å². The van der Waals surface area contributed by atoms with Gasteiger partial charge in [0.15, 0.2) is 0 Å². The van der Waals surface area contributed by atoms with Crippen molar-refractivity contribution in [1.82, 2.24) is 29.4 Å². The van der Waals surface area contributed by atoms with E-state index < -0.39 is 0 Å². The molecule has 0 aromatic heterocycles. The molecule has 0 unspecified atom stereocenters. The minimum Gasteiger partial charge on any atom is -0.608 e. The number of piperazine rings is 2. The fraction of sp³-hybridized carbons (Fsp3) is 0.833. The number of rotatable bonds is 4.